The summed E-state index contributed by atoms with van der Waals surface area (Å²) in [6, 6.07) is 20.7. The number of nitrogens with zero attached hydrogens (tertiary/aromatic N) is 4. The maximum Gasteiger partial charge on any atom is 0.178 e. The van der Waals surface area contributed by atoms with Gasteiger partial charge in [-0.15, -0.1) is 0 Å². The first-order chi connectivity index (χ1) is 19.5. The van der Waals surface area contributed by atoms with Crippen LogP contribution in [0.4, 0.5) is 23.0 Å². The molecule has 4 heteroatoms. The minimum Gasteiger partial charge on any atom is -0.301 e. The zero-order valence-electron chi connectivity index (χ0n) is 25.6. The van der Waals surface area contributed by atoms with E-state index in [1.165, 1.54) is 50.2 Å². The molecule has 0 radical (unpaired) electrons. The molecule has 2 aliphatic heterocycles. The van der Waals surface area contributed by atoms with Crippen LogP contribution in [0.25, 0.3) is 11.1 Å². The van der Waals surface area contributed by atoms with Gasteiger partial charge in [0.15, 0.2) is 11.6 Å². The van der Waals surface area contributed by atoms with Crippen molar-refractivity contribution in [3.63, 3.8) is 0 Å². The van der Waals surface area contributed by atoms with E-state index in [9.17, 15) is 0 Å². The Morgan fingerprint density at radius 1 is 0.780 bits per heavy atom. The maximum absolute atomic E-state index is 4.98. The van der Waals surface area contributed by atoms with Crippen LogP contribution in [-0.4, -0.2) is 16.1 Å². The molecule has 1 saturated carbocycles. The molecule has 4 nitrogen and oxygen atoms in total. The van der Waals surface area contributed by atoms with Crippen molar-refractivity contribution in [1.29, 1.82) is 0 Å². The number of benzene rings is 3. The molecule has 41 heavy (non-hydrogen) atoms. The lowest BCUT2D eigenvalue weighted by Crippen LogP contribution is -2.50. The lowest BCUT2D eigenvalue weighted by Gasteiger charge is -2.43. The SMILES string of the molecule is C=C1C2(C)c3ccc(-c4c(C(C)C)cccc4C(C)C)cc3N3c4nccnc4N(c4cc(C)cc(C)c4)C3C12C. The van der Waals surface area contributed by atoms with Gasteiger partial charge in [0.2, 0.25) is 0 Å². The van der Waals surface area contributed by atoms with E-state index < -0.39 is 0 Å². The van der Waals surface area contributed by atoms with E-state index in [0.717, 1.165) is 17.3 Å². The first kappa shape index (κ1) is 26.0. The second-order valence-electron chi connectivity index (χ2n) is 13.3. The molecular formula is C37H40N4. The summed E-state index contributed by atoms with van der Waals surface area (Å²) in [7, 11) is 0. The monoisotopic (exact) mass is 540 g/mol. The van der Waals surface area contributed by atoms with Gasteiger partial charge in [-0.3, -0.25) is 0 Å². The molecule has 0 amide bonds. The van der Waals surface area contributed by atoms with Crippen molar-refractivity contribution in [3.8, 4) is 11.1 Å². The molecule has 4 aromatic rings. The highest BCUT2D eigenvalue weighted by molar-refractivity contribution is 5.92. The summed E-state index contributed by atoms with van der Waals surface area (Å²) in [5, 5.41) is 0. The highest BCUT2D eigenvalue weighted by Crippen LogP contribution is 2.77. The minimum atomic E-state index is -0.166. The fourth-order valence-electron chi connectivity index (χ4n) is 7.98. The topological polar surface area (TPSA) is 32.3 Å². The van der Waals surface area contributed by atoms with E-state index in [1.54, 1.807) is 0 Å². The number of hydrogen-bond acceptors (Lipinski definition) is 4. The third-order valence-corrected chi connectivity index (χ3v) is 10.3. The van der Waals surface area contributed by atoms with Gasteiger partial charge >= 0.3 is 0 Å². The fourth-order valence-corrected chi connectivity index (χ4v) is 7.98. The Balaban J connectivity index is 1.51. The van der Waals surface area contributed by atoms with Gasteiger partial charge in [-0.25, -0.2) is 9.97 Å². The first-order valence-electron chi connectivity index (χ1n) is 15.0. The van der Waals surface area contributed by atoms with E-state index in [1.807, 2.05) is 12.4 Å². The van der Waals surface area contributed by atoms with E-state index in [0.29, 0.717) is 11.8 Å². The van der Waals surface area contributed by atoms with Gasteiger partial charge in [0, 0.05) is 34.6 Å². The molecule has 3 heterocycles. The molecule has 1 fully saturated rings. The fraction of sp³-hybridized carbons (Fsp3) is 0.351. The second kappa shape index (κ2) is 8.55. The van der Waals surface area contributed by atoms with Crippen LogP contribution in [0, 0.1) is 19.3 Å². The number of anilines is 4. The molecule has 3 aliphatic rings. The Hall–Kier alpha value is -3.92. The van der Waals surface area contributed by atoms with Crippen LogP contribution in [-0.2, 0) is 5.41 Å². The molecule has 208 valence electrons. The molecule has 1 aromatic heterocycles. The predicted molar refractivity (Wildman–Crippen MR) is 171 cm³/mol. The lowest BCUT2D eigenvalue weighted by molar-refractivity contribution is 0.376. The van der Waals surface area contributed by atoms with Gasteiger partial charge in [-0.05, 0) is 82.8 Å². The number of hydrogen-bond donors (Lipinski definition) is 0. The largest absolute Gasteiger partial charge is 0.301 e. The summed E-state index contributed by atoms with van der Waals surface area (Å²) in [6.07, 6.45) is 3.64. The van der Waals surface area contributed by atoms with Gasteiger partial charge in [0.25, 0.3) is 0 Å². The van der Waals surface area contributed by atoms with E-state index in [4.69, 9.17) is 16.5 Å². The Kier molecular flexibility index (Phi) is 5.42. The Morgan fingerprint density at radius 3 is 1.95 bits per heavy atom. The average Bonchev–Trinajstić information content (AvgIpc) is 3.23. The number of rotatable bonds is 4. The summed E-state index contributed by atoms with van der Waals surface area (Å²) in [6.45, 7) is 23.0. The van der Waals surface area contributed by atoms with Crippen molar-refractivity contribution in [2.24, 2.45) is 5.41 Å². The molecule has 7 rings (SSSR count). The van der Waals surface area contributed by atoms with Crippen LogP contribution in [0.1, 0.15) is 81.2 Å². The molecule has 0 N–H and O–H groups in total. The molecule has 0 spiro atoms. The van der Waals surface area contributed by atoms with Crippen molar-refractivity contribution < 1.29 is 0 Å². The summed E-state index contributed by atoms with van der Waals surface area (Å²) < 4.78 is 0. The summed E-state index contributed by atoms with van der Waals surface area (Å²) in [5.41, 5.74) is 12.6. The van der Waals surface area contributed by atoms with Crippen LogP contribution in [0.3, 0.4) is 0 Å². The molecule has 3 atom stereocenters. The van der Waals surface area contributed by atoms with Gasteiger partial charge in [-0.2, -0.15) is 0 Å². The Bertz CT molecular complexity index is 1700. The minimum absolute atomic E-state index is 0.00809. The zero-order chi connectivity index (χ0) is 29.0. The second-order valence-corrected chi connectivity index (χ2v) is 13.3. The summed E-state index contributed by atoms with van der Waals surface area (Å²) >= 11 is 0. The highest BCUT2D eigenvalue weighted by atomic mass is 15.5. The predicted octanol–water partition coefficient (Wildman–Crippen LogP) is 9.47. The van der Waals surface area contributed by atoms with Crippen LogP contribution in [0.15, 0.2) is 79.1 Å². The van der Waals surface area contributed by atoms with Gasteiger partial charge in [0.1, 0.15) is 6.17 Å². The number of fused-ring (bicyclic) bond motifs is 8. The molecule has 0 bridgehead atoms. The van der Waals surface area contributed by atoms with Crippen molar-refractivity contribution >= 4 is 23.0 Å². The van der Waals surface area contributed by atoms with Crippen molar-refractivity contribution in [2.75, 3.05) is 9.80 Å². The van der Waals surface area contributed by atoms with E-state index in [-0.39, 0.29) is 17.0 Å². The van der Waals surface area contributed by atoms with E-state index >= 15 is 0 Å². The maximum atomic E-state index is 4.98. The van der Waals surface area contributed by atoms with Crippen LogP contribution in [0.2, 0.25) is 0 Å². The quantitative estimate of drug-likeness (QED) is 0.241. The highest BCUT2D eigenvalue weighted by Gasteiger charge is 2.76. The molecule has 3 aromatic carbocycles. The summed E-state index contributed by atoms with van der Waals surface area (Å²) in [5.74, 6) is 2.68. The van der Waals surface area contributed by atoms with Gasteiger partial charge in [0.05, 0.1) is 0 Å². The molecular weight excluding hydrogens is 500 g/mol. The van der Waals surface area contributed by atoms with Crippen molar-refractivity contribution in [3.05, 3.63) is 107 Å². The van der Waals surface area contributed by atoms with Crippen molar-refractivity contribution in [1.82, 2.24) is 9.97 Å². The Morgan fingerprint density at radius 2 is 1.37 bits per heavy atom. The Labute approximate surface area is 244 Å². The summed E-state index contributed by atoms with van der Waals surface area (Å²) in [4.78, 5) is 14.8. The van der Waals surface area contributed by atoms with Crippen molar-refractivity contribution in [2.45, 2.75) is 78.8 Å². The van der Waals surface area contributed by atoms with Gasteiger partial charge < -0.3 is 9.80 Å². The molecule has 1 aliphatic carbocycles. The standard InChI is InChI=1S/C37H40N4/c1-21(2)28-11-10-12-29(22(3)4)32(28)26-13-14-30-31(20-26)41-34-33(38-15-16-39-34)40(27-18-23(5)17-24(6)19-27)35(41)37(9)25(7)36(30,37)8/h10-22,35H,7H2,1-6,8-9H3. The first-order valence-corrected chi connectivity index (χ1v) is 15.0. The van der Waals surface area contributed by atoms with Crippen LogP contribution >= 0.6 is 0 Å². The van der Waals surface area contributed by atoms with E-state index in [2.05, 4.69) is 120 Å². The zero-order valence-corrected chi connectivity index (χ0v) is 25.6. The number of aromatic nitrogens is 2. The molecule has 3 unspecified atom stereocenters. The normalized spacial score (nSPS) is 24.0. The average molecular weight is 541 g/mol. The smallest absolute Gasteiger partial charge is 0.178 e. The van der Waals surface area contributed by atoms with Crippen LogP contribution in [0.5, 0.6) is 0 Å². The third kappa shape index (κ3) is 3.28. The lowest BCUT2D eigenvalue weighted by atomic mass is 9.79. The van der Waals surface area contributed by atoms with Crippen LogP contribution < -0.4 is 9.80 Å². The van der Waals surface area contributed by atoms with Gasteiger partial charge in [-0.1, -0.05) is 90.1 Å². The molecule has 0 saturated heterocycles. The number of aryl methyl sites for hydroxylation is 2. The third-order valence-electron chi connectivity index (χ3n) is 10.3.